The first-order valence-electron chi connectivity index (χ1n) is 5.39. The third-order valence-electron chi connectivity index (χ3n) is 2.85. The first-order valence-corrected chi connectivity index (χ1v) is 5.39. The molecule has 0 aromatic heterocycles. The molecular formula is C12H19NO. The van der Waals surface area contributed by atoms with Crippen molar-refractivity contribution < 1.29 is 4.79 Å². The molecule has 0 aromatic carbocycles. The summed E-state index contributed by atoms with van der Waals surface area (Å²) in [4.78, 5) is 13.3. The second kappa shape index (κ2) is 5.05. The lowest BCUT2D eigenvalue weighted by atomic mass is 9.76. The molecule has 78 valence electrons. The molecule has 0 N–H and O–H groups in total. The number of carbonyl (C=O) groups is 1. The maximum absolute atomic E-state index is 11.5. The van der Waals surface area contributed by atoms with Crippen molar-refractivity contribution in [1.82, 2.24) is 4.90 Å². The molecule has 2 heteroatoms. The molecule has 1 aliphatic rings. The van der Waals surface area contributed by atoms with Gasteiger partial charge < -0.3 is 4.90 Å². The fraction of sp³-hybridized carbons (Fsp3) is 0.750. The van der Waals surface area contributed by atoms with E-state index in [-0.39, 0.29) is 5.91 Å². The molecule has 0 atom stereocenters. The van der Waals surface area contributed by atoms with Crippen molar-refractivity contribution in [1.29, 1.82) is 0 Å². The quantitative estimate of drug-likeness (QED) is 0.627. The summed E-state index contributed by atoms with van der Waals surface area (Å²) in [5.74, 6) is 6.81. The van der Waals surface area contributed by atoms with Crippen LogP contribution in [0.3, 0.4) is 0 Å². The number of hydrogen-bond donors (Lipinski definition) is 0. The maximum atomic E-state index is 11.5. The second-order valence-electron chi connectivity index (χ2n) is 4.16. The number of nitrogens with zero attached hydrogens (tertiary/aromatic N) is 1. The fourth-order valence-corrected chi connectivity index (χ4v) is 2.07. The van der Waals surface area contributed by atoms with Gasteiger partial charge in [-0.15, -0.1) is 0 Å². The third-order valence-corrected chi connectivity index (χ3v) is 2.85. The molecule has 1 fully saturated rings. The molecule has 1 rings (SSSR count). The summed E-state index contributed by atoms with van der Waals surface area (Å²) >= 11 is 0. The van der Waals surface area contributed by atoms with Crippen LogP contribution in [0.25, 0.3) is 0 Å². The van der Waals surface area contributed by atoms with Crippen molar-refractivity contribution in [2.24, 2.45) is 11.8 Å². The Labute approximate surface area is 86.7 Å². The summed E-state index contributed by atoms with van der Waals surface area (Å²) in [5, 5.41) is 0. The van der Waals surface area contributed by atoms with Crippen molar-refractivity contribution in [2.45, 2.75) is 33.6 Å². The number of carbonyl (C=O) groups excluding carboxylic acids is 1. The molecule has 14 heavy (non-hydrogen) atoms. The molecular weight excluding hydrogens is 174 g/mol. The van der Waals surface area contributed by atoms with Gasteiger partial charge in [0.1, 0.15) is 0 Å². The lowest BCUT2D eigenvalue weighted by Crippen LogP contribution is -2.38. The molecule has 0 heterocycles. The van der Waals surface area contributed by atoms with Crippen molar-refractivity contribution in [2.75, 3.05) is 13.1 Å². The van der Waals surface area contributed by atoms with Crippen LogP contribution in [0.15, 0.2) is 0 Å². The number of hydrogen-bond acceptors (Lipinski definition) is 1. The van der Waals surface area contributed by atoms with Gasteiger partial charge >= 0.3 is 0 Å². The highest BCUT2D eigenvalue weighted by molar-refractivity contribution is 5.93. The van der Waals surface area contributed by atoms with E-state index in [1.807, 2.05) is 11.8 Å². The van der Waals surface area contributed by atoms with E-state index in [9.17, 15) is 4.79 Å². The van der Waals surface area contributed by atoms with Crippen LogP contribution < -0.4 is 0 Å². The zero-order valence-corrected chi connectivity index (χ0v) is 9.34. The predicted molar refractivity (Wildman–Crippen MR) is 57.6 cm³/mol. The summed E-state index contributed by atoms with van der Waals surface area (Å²) in [6, 6.07) is 0. The highest BCUT2D eigenvalue weighted by Crippen LogP contribution is 2.33. The molecule has 0 radical (unpaired) electrons. The standard InChI is InChI=1S/C12H19NO/c1-4-6-12(14)13(5-2)9-11-7-10(3)8-11/h10-11H,5,7-9H2,1-3H3. The smallest absolute Gasteiger partial charge is 0.298 e. The Morgan fingerprint density at radius 3 is 2.57 bits per heavy atom. The van der Waals surface area contributed by atoms with Crippen molar-refractivity contribution in [3.63, 3.8) is 0 Å². The molecule has 0 aliphatic heterocycles. The Bertz CT molecular complexity index is 255. The van der Waals surface area contributed by atoms with E-state index in [4.69, 9.17) is 0 Å². The van der Waals surface area contributed by atoms with E-state index in [2.05, 4.69) is 18.8 Å². The van der Waals surface area contributed by atoms with Crippen LogP contribution in [0.4, 0.5) is 0 Å². The van der Waals surface area contributed by atoms with E-state index in [0.29, 0.717) is 5.92 Å². The molecule has 0 spiro atoms. The first kappa shape index (κ1) is 11.1. The average Bonchev–Trinajstić information content (AvgIpc) is 2.10. The summed E-state index contributed by atoms with van der Waals surface area (Å²) in [6.07, 6.45) is 2.53. The van der Waals surface area contributed by atoms with E-state index in [1.54, 1.807) is 6.92 Å². The fourth-order valence-electron chi connectivity index (χ4n) is 2.07. The average molecular weight is 193 g/mol. The van der Waals surface area contributed by atoms with Gasteiger partial charge in [0.25, 0.3) is 5.91 Å². The Morgan fingerprint density at radius 1 is 1.50 bits per heavy atom. The molecule has 0 saturated heterocycles. The molecule has 1 aliphatic carbocycles. The summed E-state index contributed by atoms with van der Waals surface area (Å²) < 4.78 is 0. The Kier molecular flexibility index (Phi) is 4.00. The largest absolute Gasteiger partial charge is 0.332 e. The van der Waals surface area contributed by atoms with Crippen LogP contribution in [-0.2, 0) is 4.79 Å². The van der Waals surface area contributed by atoms with Crippen LogP contribution in [0.5, 0.6) is 0 Å². The Morgan fingerprint density at radius 2 is 2.14 bits per heavy atom. The number of rotatable bonds is 3. The van der Waals surface area contributed by atoms with Crippen LogP contribution in [0.1, 0.15) is 33.6 Å². The van der Waals surface area contributed by atoms with Crippen molar-refractivity contribution in [3.05, 3.63) is 0 Å². The van der Waals surface area contributed by atoms with Crippen molar-refractivity contribution >= 4 is 5.91 Å². The zero-order chi connectivity index (χ0) is 10.6. The minimum absolute atomic E-state index is 0.0189. The molecule has 0 unspecified atom stereocenters. The van der Waals surface area contributed by atoms with Crippen LogP contribution in [0, 0.1) is 23.7 Å². The van der Waals surface area contributed by atoms with Crippen molar-refractivity contribution in [3.8, 4) is 11.8 Å². The van der Waals surface area contributed by atoms with Gasteiger partial charge in [-0.1, -0.05) is 12.8 Å². The highest BCUT2D eigenvalue weighted by atomic mass is 16.2. The Balaban J connectivity index is 2.37. The number of amides is 1. The van der Waals surface area contributed by atoms with Crippen LogP contribution >= 0.6 is 0 Å². The lowest BCUT2D eigenvalue weighted by Gasteiger charge is -2.35. The van der Waals surface area contributed by atoms with Gasteiger partial charge in [-0.25, -0.2) is 0 Å². The molecule has 1 saturated carbocycles. The highest BCUT2D eigenvalue weighted by Gasteiger charge is 2.27. The normalized spacial score (nSPS) is 24.5. The van der Waals surface area contributed by atoms with Gasteiger partial charge in [0.15, 0.2) is 0 Å². The van der Waals surface area contributed by atoms with Gasteiger partial charge in [0.2, 0.25) is 0 Å². The van der Waals surface area contributed by atoms with Gasteiger partial charge in [-0.2, -0.15) is 0 Å². The maximum Gasteiger partial charge on any atom is 0.298 e. The van der Waals surface area contributed by atoms with E-state index < -0.39 is 0 Å². The molecule has 0 bridgehead atoms. The van der Waals surface area contributed by atoms with E-state index in [1.165, 1.54) is 12.8 Å². The molecule has 1 amide bonds. The van der Waals surface area contributed by atoms with E-state index in [0.717, 1.165) is 19.0 Å². The zero-order valence-electron chi connectivity index (χ0n) is 9.34. The topological polar surface area (TPSA) is 20.3 Å². The summed E-state index contributed by atoms with van der Waals surface area (Å²) in [7, 11) is 0. The first-order chi connectivity index (χ1) is 6.67. The van der Waals surface area contributed by atoms with Crippen LogP contribution in [0.2, 0.25) is 0 Å². The molecule has 0 aromatic rings. The lowest BCUT2D eigenvalue weighted by molar-refractivity contribution is -0.126. The van der Waals surface area contributed by atoms with Crippen LogP contribution in [-0.4, -0.2) is 23.9 Å². The van der Waals surface area contributed by atoms with Gasteiger partial charge in [-0.05, 0) is 44.4 Å². The Hall–Kier alpha value is -0.970. The predicted octanol–water partition coefficient (Wildman–Crippen LogP) is 1.90. The summed E-state index contributed by atoms with van der Waals surface area (Å²) in [6.45, 7) is 7.65. The minimum Gasteiger partial charge on any atom is -0.332 e. The van der Waals surface area contributed by atoms with E-state index >= 15 is 0 Å². The summed E-state index contributed by atoms with van der Waals surface area (Å²) in [5.41, 5.74) is 0. The van der Waals surface area contributed by atoms with Gasteiger partial charge in [-0.3, -0.25) is 4.79 Å². The third kappa shape index (κ3) is 2.77. The monoisotopic (exact) mass is 193 g/mol. The SMILES string of the molecule is CC#CC(=O)N(CC)CC1CC(C)C1. The van der Waals surface area contributed by atoms with Gasteiger partial charge in [0, 0.05) is 13.1 Å². The second-order valence-corrected chi connectivity index (χ2v) is 4.16. The molecule has 2 nitrogen and oxygen atoms in total. The minimum atomic E-state index is -0.0189. The van der Waals surface area contributed by atoms with Gasteiger partial charge in [0.05, 0.1) is 0 Å².